The molecule has 1 saturated heterocycles. The van der Waals surface area contributed by atoms with Gasteiger partial charge in [0.15, 0.2) is 0 Å². The van der Waals surface area contributed by atoms with Crippen molar-refractivity contribution in [1.82, 2.24) is 4.90 Å². The Morgan fingerprint density at radius 3 is 2.14 bits per heavy atom. The van der Waals surface area contributed by atoms with E-state index < -0.39 is 11.4 Å². The van der Waals surface area contributed by atoms with Crippen LogP contribution < -0.4 is 0 Å². The molecule has 4 nitrogen and oxygen atoms in total. The molecule has 1 heterocycles. The molecule has 0 spiro atoms. The van der Waals surface area contributed by atoms with Gasteiger partial charge >= 0.3 is 5.97 Å². The Morgan fingerprint density at radius 2 is 1.68 bits per heavy atom. The van der Waals surface area contributed by atoms with Crippen LogP contribution in [0.1, 0.15) is 38.7 Å². The minimum atomic E-state index is -0.850. The zero-order valence-electron chi connectivity index (χ0n) is 13.2. The molecule has 118 valence electrons. The Hall–Kier alpha value is -1.84. The summed E-state index contributed by atoms with van der Waals surface area (Å²) in [5.74, 6) is -0.448. The van der Waals surface area contributed by atoms with Gasteiger partial charge in [-0.1, -0.05) is 44.2 Å². The topological polar surface area (TPSA) is 57.6 Å². The van der Waals surface area contributed by atoms with Gasteiger partial charge in [-0.15, -0.1) is 0 Å². The van der Waals surface area contributed by atoms with Crippen molar-refractivity contribution < 1.29 is 14.7 Å². The Kier molecular flexibility index (Phi) is 3.50. The molecule has 0 unspecified atom stereocenters. The monoisotopic (exact) mass is 301 g/mol. The maximum absolute atomic E-state index is 12.5. The summed E-state index contributed by atoms with van der Waals surface area (Å²) in [7, 11) is 0. The van der Waals surface area contributed by atoms with Gasteiger partial charge in [-0.25, -0.2) is 0 Å². The Labute approximate surface area is 131 Å². The van der Waals surface area contributed by atoms with Crippen molar-refractivity contribution in [3.8, 4) is 0 Å². The highest BCUT2D eigenvalue weighted by molar-refractivity contribution is 5.84. The molecule has 1 amide bonds. The molecule has 0 radical (unpaired) electrons. The lowest BCUT2D eigenvalue weighted by atomic mass is 9.72. The molecular formula is C18H23NO3. The van der Waals surface area contributed by atoms with Gasteiger partial charge in [-0.2, -0.15) is 0 Å². The average molecular weight is 301 g/mol. The molecule has 1 atom stereocenters. The first-order chi connectivity index (χ1) is 10.4. The fourth-order valence-corrected chi connectivity index (χ4v) is 3.60. The summed E-state index contributed by atoms with van der Waals surface area (Å²) in [6, 6.07) is 9.42. The Balaban J connectivity index is 1.74. The van der Waals surface area contributed by atoms with Gasteiger partial charge in [0.25, 0.3) is 0 Å². The van der Waals surface area contributed by atoms with Crippen LogP contribution in [0.15, 0.2) is 30.3 Å². The second-order valence-electron chi connectivity index (χ2n) is 7.32. The number of likely N-dealkylation sites (tertiary alicyclic amines) is 1. The van der Waals surface area contributed by atoms with Crippen LogP contribution in [0.25, 0.3) is 0 Å². The first-order valence-corrected chi connectivity index (χ1v) is 7.94. The van der Waals surface area contributed by atoms with Gasteiger partial charge in [-0.05, 0) is 30.2 Å². The number of carboxylic acid groups (broad SMARTS) is 1. The standard InChI is InChI=1S/C18H23NO3/c1-17(2)12-14(17)15(20)19-10-8-18(9-11-19,16(21)22)13-6-4-3-5-7-13/h3-7,14H,8-12H2,1-2H3,(H,21,22)/t14-/m1/s1. The highest BCUT2D eigenvalue weighted by Crippen LogP contribution is 2.53. The van der Waals surface area contributed by atoms with E-state index in [1.54, 1.807) is 0 Å². The van der Waals surface area contributed by atoms with E-state index in [-0.39, 0.29) is 17.2 Å². The Morgan fingerprint density at radius 1 is 1.14 bits per heavy atom. The zero-order chi connectivity index (χ0) is 16.0. The minimum Gasteiger partial charge on any atom is -0.481 e. The third kappa shape index (κ3) is 2.40. The minimum absolute atomic E-state index is 0.123. The lowest BCUT2D eigenvalue weighted by molar-refractivity contribution is -0.148. The third-order valence-electron chi connectivity index (χ3n) is 5.48. The fraction of sp³-hybridized carbons (Fsp3) is 0.556. The lowest BCUT2D eigenvalue weighted by Gasteiger charge is -2.39. The molecule has 1 aromatic carbocycles. The van der Waals surface area contributed by atoms with E-state index in [1.165, 1.54) is 0 Å². The van der Waals surface area contributed by atoms with Crippen LogP contribution in [0, 0.1) is 11.3 Å². The second-order valence-corrected chi connectivity index (χ2v) is 7.32. The summed E-state index contributed by atoms with van der Waals surface area (Å²) in [5.41, 5.74) is 0.121. The number of carbonyl (C=O) groups is 2. The predicted molar refractivity (Wildman–Crippen MR) is 83.5 cm³/mol. The van der Waals surface area contributed by atoms with Gasteiger partial charge in [0.2, 0.25) is 5.91 Å². The van der Waals surface area contributed by atoms with E-state index in [0.29, 0.717) is 25.9 Å². The maximum Gasteiger partial charge on any atom is 0.314 e. The summed E-state index contributed by atoms with van der Waals surface area (Å²) in [6.45, 7) is 5.30. The fourth-order valence-electron chi connectivity index (χ4n) is 3.60. The van der Waals surface area contributed by atoms with E-state index in [1.807, 2.05) is 35.2 Å². The van der Waals surface area contributed by atoms with Crippen molar-refractivity contribution in [2.45, 2.75) is 38.5 Å². The van der Waals surface area contributed by atoms with Crippen LogP contribution in [-0.2, 0) is 15.0 Å². The zero-order valence-corrected chi connectivity index (χ0v) is 13.2. The maximum atomic E-state index is 12.5. The first-order valence-electron chi connectivity index (χ1n) is 7.94. The molecule has 2 fully saturated rings. The normalized spacial score (nSPS) is 25.5. The molecule has 1 aromatic rings. The van der Waals surface area contributed by atoms with Gasteiger partial charge in [0.05, 0.1) is 5.41 Å². The largest absolute Gasteiger partial charge is 0.481 e. The van der Waals surface area contributed by atoms with Crippen molar-refractivity contribution in [2.24, 2.45) is 11.3 Å². The Bertz CT molecular complexity index is 586. The number of rotatable bonds is 3. The highest BCUT2D eigenvalue weighted by Gasteiger charge is 2.53. The number of benzene rings is 1. The number of aliphatic carboxylic acids is 1. The number of carboxylic acids is 1. The molecule has 1 saturated carbocycles. The van der Waals surface area contributed by atoms with Crippen molar-refractivity contribution >= 4 is 11.9 Å². The molecule has 0 bridgehead atoms. The van der Waals surface area contributed by atoms with Gasteiger partial charge in [0.1, 0.15) is 0 Å². The average Bonchev–Trinajstić information content (AvgIpc) is 3.16. The van der Waals surface area contributed by atoms with E-state index in [4.69, 9.17) is 0 Å². The molecule has 4 heteroatoms. The summed E-state index contributed by atoms with van der Waals surface area (Å²) < 4.78 is 0. The number of nitrogens with zero attached hydrogens (tertiary/aromatic N) is 1. The molecule has 22 heavy (non-hydrogen) atoms. The van der Waals surface area contributed by atoms with Gasteiger partial charge < -0.3 is 10.0 Å². The SMILES string of the molecule is CC1(C)C[C@@H]1C(=O)N1CCC(C(=O)O)(c2ccccc2)CC1. The predicted octanol–water partition coefficient (Wildman–Crippen LogP) is 2.68. The van der Waals surface area contributed by atoms with Crippen molar-refractivity contribution in [2.75, 3.05) is 13.1 Å². The molecule has 1 aliphatic carbocycles. The third-order valence-corrected chi connectivity index (χ3v) is 5.48. The summed E-state index contributed by atoms with van der Waals surface area (Å²) >= 11 is 0. The molecule has 2 aliphatic rings. The summed E-state index contributed by atoms with van der Waals surface area (Å²) in [4.78, 5) is 26.2. The van der Waals surface area contributed by atoms with Gasteiger partial charge in [-0.3, -0.25) is 9.59 Å². The number of piperidine rings is 1. The number of hydrogen-bond donors (Lipinski definition) is 1. The van der Waals surface area contributed by atoms with Crippen LogP contribution in [0.2, 0.25) is 0 Å². The van der Waals surface area contributed by atoms with Crippen LogP contribution in [0.4, 0.5) is 0 Å². The molecule has 1 aliphatic heterocycles. The number of carbonyl (C=O) groups excluding carboxylic acids is 1. The van der Waals surface area contributed by atoms with Crippen LogP contribution >= 0.6 is 0 Å². The number of amides is 1. The van der Waals surface area contributed by atoms with E-state index in [0.717, 1.165) is 12.0 Å². The van der Waals surface area contributed by atoms with Crippen molar-refractivity contribution in [3.63, 3.8) is 0 Å². The molecule has 3 rings (SSSR count). The molecular weight excluding hydrogens is 278 g/mol. The number of hydrogen-bond acceptors (Lipinski definition) is 2. The van der Waals surface area contributed by atoms with E-state index >= 15 is 0 Å². The smallest absolute Gasteiger partial charge is 0.314 e. The lowest BCUT2D eigenvalue weighted by Crippen LogP contribution is -2.49. The first kappa shape index (κ1) is 15.1. The van der Waals surface area contributed by atoms with Gasteiger partial charge in [0, 0.05) is 19.0 Å². The highest BCUT2D eigenvalue weighted by atomic mass is 16.4. The van der Waals surface area contributed by atoms with Crippen molar-refractivity contribution in [1.29, 1.82) is 0 Å². The summed E-state index contributed by atoms with van der Waals surface area (Å²) in [5, 5.41) is 9.77. The summed E-state index contributed by atoms with van der Waals surface area (Å²) in [6.07, 6.45) is 1.93. The van der Waals surface area contributed by atoms with E-state index in [9.17, 15) is 14.7 Å². The van der Waals surface area contributed by atoms with Crippen LogP contribution in [0.5, 0.6) is 0 Å². The van der Waals surface area contributed by atoms with Crippen LogP contribution in [-0.4, -0.2) is 35.0 Å². The quantitative estimate of drug-likeness (QED) is 0.934. The second kappa shape index (κ2) is 5.11. The molecule has 1 N–H and O–H groups in total. The van der Waals surface area contributed by atoms with Crippen LogP contribution in [0.3, 0.4) is 0 Å². The molecule has 0 aromatic heterocycles. The van der Waals surface area contributed by atoms with Crippen molar-refractivity contribution in [3.05, 3.63) is 35.9 Å². The van der Waals surface area contributed by atoms with E-state index in [2.05, 4.69) is 13.8 Å².